The molecule has 0 bridgehead atoms. The lowest BCUT2D eigenvalue weighted by Crippen LogP contribution is -2.42. The van der Waals surface area contributed by atoms with Gasteiger partial charge in [0, 0.05) is 32.7 Å². The fraction of sp³-hybridized carbons (Fsp3) is 0.385. The van der Waals surface area contributed by atoms with Crippen LogP contribution in [-0.4, -0.2) is 45.8 Å². The molecule has 0 saturated carbocycles. The van der Waals surface area contributed by atoms with Crippen molar-refractivity contribution in [3.05, 3.63) is 42.2 Å². The van der Waals surface area contributed by atoms with Crippen molar-refractivity contribution in [2.24, 2.45) is 0 Å². The van der Waals surface area contributed by atoms with Gasteiger partial charge in [-0.3, -0.25) is 4.90 Å². The fourth-order valence-corrected chi connectivity index (χ4v) is 2.29. The van der Waals surface area contributed by atoms with E-state index in [1.54, 1.807) is 12.1 Å². The van der Waals surface area contributed by atoms with Gasteiger partial charge in [0.15, 0.2) is 0 Å². The Balaban J connectivity index is 1.75. The van der Waals surface area contributed by atoms with Gasteiger partial charge in [-0.25, -0.2) is 14.1 Å². The Hall–Kier alpha value is -1.79. The zero-order valence-corrected chi connectivity index (χ0v) is 10.6. The maximum absolute atomic E-state index is 14.0. The molecule has 0 spiro atoms. The van der Waals surface area contributed by atoms with Gasteiger partial charge < -0.3 is 5.32 Å². The summed E-state index contributed by atoms with van der Waals surface area (Å²) in [4.78, 5) is 6.15. The molecule has 100 valence electrons. The van der Waals surface area contributed by atoms with Crippen molar-refractivity contribution in [2.45, 2.75) is 6.54 Å². The highest BCUT2D eigenvalue weighted by Crippen LogP contribution is 2.15. The second kappa shape index (κ2) is 5.46. The predicted octanol–water partition coefficient (Wildman–Crippen LogP) is 0.812. The van der Waals surface area contributed by atoms with Gasteiger partial charge in [0.2, 0.25) is 0 Å². The maximum atomic E-state index is 14.0. The molecule has 1 aliphatic rings. The lowest BCUT2D eigenvalue weighted by atomic mass is 10.1. The van der Waals surface area contributed by atoms with Crippen molar-refractivity contribution < 1.29 is 4.39 Å². The summed E-state index contributed by atoms with van der Waals surface area (Å²) in [5.74, 6) is -0.266. The Morgan fingerprint density at radius 2 is 2.11 bits per heavy atom. The summed E-state index contributed by atoms with van der Waals surface area (Å²) in [6.07, 6.45) is 2.89. The third-order valence-corrected chi connectivity index (χ3v) is 3.29. The van der Waals surface area contributed by atoms with Gasteiger partial charge in [0.05, 0.1) is 0 Å². The molecule has 1 saturated heterocycles. The fourth-order valence-electron chi connectivity index (χ4n) is 2.29. The smallest absolute Gasteiger partial charge is 0.149 e. The Labute approximate surface area is 111 Å². The van der Waals surface area contributed by atoms with E-state index in [1.807, 2.05) is 6.07 Å². The molecule has 0 amide bonds. The zero-order chi connectivity index (χ0) is 13.1. The monoisotopic (exact) mass is 261 g/mol. The Bertz CT molecular complexity index is 534. The molecule has 2 heterocycles. The van der Waals surface area contributed by atoms with Crippen LogP contribution in [0, 0.1) is 5.82 Å². The van der Waals surface area contributed by atoms with Crippen LogP contribution >= 0.6 is 0 Å². The van der Waals surface area contributed by atoms with Crippen LogP contribution in [0.3, 0.4) is 0 Å². The van der Waals surface area contributed by atoms with E-state index >= 15 is 0 Å². The number of rotatable bonds is 3. The first-order valence-corrected chi connectivity index (χ1v) is 6.39. The SMILES string of the molecule is Fc1cc(CN2CCNCC2)ccc1-n1cncn1. The zero-order valence-electron chi connectivity index (χ0n) is 10.6. The standard InChI is InChI=1S/C13H16FN5/c14-12-7-11(8-18-5-3-15-4-6-18)1-2-13(12)19-10-16-9-17-19/h1-2,7,9-10,15H,3-6,8H2. The summed E-state index contributed by atoms with van der Waals surface area (Å²) in [6, 6.07) is 5.28. The molecule has 0 aliphatic carbocycles. The molecule has 0 radical (unpaired) electrons. The first-order chi connectivity index (χ1) is 9.33. The first-order valence-electron chi connectivity index (χ1n) is 6.39. The van der Waals surface area contributed by atoms with Gasteiger partial charge in [-0.05, 0) is 17.7 Å². The van der Waals surface area contributed by atoms with Gasteiger partial charge >= 0.3 is 0 Å². The van der Waals surface area contributed by atoms with Crippen LogP contribution in [0.15, 0.2) is 30.9 Å². The normalized spacial score (nSPS) is 16.7. The average molecular weight is 261 g/mol. The topological polar surface area (TPSA) is 46.0 Å². The summed E-state index contributed by atoms with van der Waals surface area (Å²) < 4.78 is 15.5. The van der Waals surface area contributed by atoms with Crippen LogP contribution in [0.25, 0.3) is 5.69 Å². The largest absolute Gasteiger partial charge is 0.314 e. The molecule has 3 rings (SSSR count). The number of hydrogen-bond donors (Lipinski definition) is 1. The molecule has 1 aromatic heterocycles. The molecule has 2 aromatic rings. The summed E-state index contributed by atoms with van der Waals surface area (Å²) in [7, 11) is 0. The minimum absolute atomic E-state index is 0.266. The highest BCUT2D eigenvalue weighted by molar-refractivity contribution is 5.35. The lowest BCUT2D eigenvalue weighted by Gasteiger charge is -2.27. The molecule has 1 N–H and O–H groups in total. The van der Waals surface area contributed by atoms with Crippen LogP contribution in [0.2, 0.25) is 0 Å². The number of nitrogens with one attached hydrogen (secondary N) is 1. The second-order valence-electron chi connectivity index (χ2n) is 4.65. The van der Waals surface area contributed by atoms with E-state index in [-0.39, 0.29) is 5.82 Å². The Morgan fingerprint density at radius 1 is 1.26 bits per heavy atom. The first kappa shape index (κ1) is 12.3. The van der Waals surface area contributed by atoms with E-state index in [0.717, 1.165) is 38.3 Å². The molecule has 19 heavy (non-hydrogen) atoms. The molecule has 6 heteroatoms. The van der Waals surface area contributed by atoms with Crippen molar-refractivity contribution in [2.75, 3.05) is 26.2 Å². The second-order valence-corrected chi connectivity index (χ2v) is 4.65. The quantitative estimate of drug-likeness (QED) is 0.888. The summed E-state index contributed by atoms with van der Waals surface area (Å²) >= 11 is 0. The minimum atomic E-state index is -0.266. The van der Waals surface area contributed by atoms with Gasteiger partial charge in [-0.15, -0.1) is 0 Å². The molecular weight excluding hydrogens is 245 g/mol. The lowest BCUT2D eigenvalue weighted by molar-refractivity contribution is 0.233. The molecular formula is C13H16FN5. The average Bonchev–Trinajstić information content (AvgIpc) is 2.94. The van der Waals surface area contributed by atoms with Crippen molar-refractivity contribution in [1.82, 2.24) is 25.0 Å². The number of piperazine rings is 1. The highest BCUT2D eigenvalue weighted by Gasteiger charge is 2.12. The van der Waals surface area contributed by atoms with Gasteiger partial charge in [-0.2, -0.15) is 5.10 Å². The van der Waals surface area contributed by atoms with Crippen molar-refractivity contribution in [1.29, 1.82) is 0 Å². The summed E-state index contributed by atoms with van der Waals surface area (Å²) in [5.41, 5.74) is 1.42. The predicted molar refractivity (Wildman–Crippen MR) is 69.5 cm³/mol. The van der Waals surface area contributed by atoms with E-state index < -0.39 is 0 Å². The van der Waals surface area contributed by atoms with Gasteiger partial charge in [0.25, 0.3) is 0 Å². The number of aromatic nitrogens is 3. The molecule has 5 nitrogen and oxygen atoms in total. The molecule has 0 atom stereocenters. The van der Waals surface area contributed by atoms with Crippen LogP contribution in [0.4, 0.5) is 4.39 Å². The van der Waals surface area contributed by atoms with E-state index in [4.69, 9.17) is 0 Å². The molecule has 1 aliphatic heterocycles. The van der Waals surface area contributed by atoms with E-state index in [1.165, 1.54) is 17.3 Å². The van der Waals surface area contributed by atoms with Crippen LogP contribution in [-0.2, 0) is 6.54 Å². The van der Waals surface area contributed by atoms with Crippen LogP contribution < -0.4 is 5.32 Å². The van der Waals surface area contributed by atoms with Crippen molar-refractivity contribution in [3.63, 3.8) is 0 Å². The molecule has 1 aromatic carbocycles. The van der Waals surface area contributed by atoms with Crippen LogP contribution in [0.5, 0.6) is 0 Å². The van der Waals surface area contributed by atoms with Gasteiger partial charge in [0.1, 0.15) is 24.2 Å². The number of hydrogen-bond acceptors (Lipinski definition) is 4. The van der Waals surface area contributed by atoms with Crippen LogP contribution in [0.1, 0.15) is 5.56 Å². The molecule has 0 unspecified atom stereocenters. The third kappa shape index (κ3) is 2.80. The Kier molecular flexibility index (Phi) is 3.52. The van der Waals surface area contributed by atoms with Crippen molar-refractivity contribution >= 4 is 0 Å². The highest BCUT2D eigenvalue weighted by atomic mass is 19.1. The number of halogens is 1. The molecule has 1 fully saturated rings. The maximum Gasteiger partial charge on any atom is 0.149 e. The third-order valence-electron chi connectivity index (χ3n) is 3.29. The number of benzene rings is 1. The van der Waals surface area contributed by atoms with E-state index in [9.17, 15) is 4.39 Å². The number of nitrogens with zero attached hydrogens (tertiary/aromatic N) is 4. The Morgan fingerprint density at radius 3 is 2.79 bits per heavy atom. The van der Waals surface area contributed by atoms with Gasteiger partial charge in [-0.1, -0.05) is 6.07 Å². The summed E-state index contributed by atoms with van der Waals surface area (Å²) in [6.45, 7) is 4.80. The summed E-state index contributed by atoms with van der Waals surface area (Å²) in [5, 5.41) is 7.24. The van der Waals surface area contributed by atoms with E-state index in [2.05, 4.69) is 20.3 Å². The van der Waals surface area contributed by atoms with Crippen molar-refractivity contribution in [3.8, 4) is 5.69 Å². The van der Waals surface area contributed by atoms with E-state index in [0.29, 0.717) is 5.69 Å². The minimum Gasteiger partial charge on any atom is -0.314 e.